The summed E-state index contributed by atoms with van der Waals surface area (Å²) in [5.41, 5.74) is 0. The summed E-state index contributed by atoms with van der Waals surface area (Å²) in [4.78, 5) is 0. The summed E-state index contributed by atoms with van der Waals surface area (Å²) in [6.07, 6.45) is 0. The van der Waals surface area contributed by atoms with Crippen LogP contribution in [0.2, 0.25) is 0 Å². The SMILES string of the molecule is CC(C)C(CO)NCCOc1ccc(Br)cc1. The second kappa shape index (κ2) is 7.69. The second-order valence-corrected chi connectivity index (χ2v) is 5.21. The van der Waals surface area contributed by atoms with E-state index in [1.807, 2.05) is 24.3 Å². The number of hydrogen-bond acceptors (Lipinski definition) is 3. The lowest BCUT2D eigenvalue weighted by Crippen LogP contribution is -2.39. The standard InChI is InChI=1S/C13H20BrNO2/c1-10(2)13(9-16)15-7-8-17-12-5-3-11(14)4-6-12/h3-6,10,13,15-16H,7-9H2,1-2H3. The molecule has 0 bridgehead atoms. The van der Waals surface area contributed by atoms with E-state index in [0.29, 0.717) is 12.5 Å². The maximum Gasteiger partial charge on any atom is 0.119 e. The monoisotopic (exact) mass is 301 g/mol. The van der Waals surface area contributed by atoms with Crippen LogP contribution in [0.5, 0.6) is 5.75 Å². The van der Waals surface area contributed by atoms with E-state index in [1.54, 1.807) is 0 Å². The highest BCUT2D eigenvalue weighted by Crippen LogP contribution is 2.15. The molecular weight excluding hydrogens is 282 g/mol. The van der Waals surface area contributed by atoms with Gasteiger partial charge in [0.05, 0.1) is 6.61 Å². The molecule has 0 saturated carbocycles. The van der Waals surface area contributed by atoms with Gasteiger partial charge in [0, 0.05) is 17.1 Å². The molecule has 0 heterocycles. The molecule has 96 valence electrons. The molecule has 4 heteroatoms. The molecule has 1 rings (SSSR count). The summed E-state index contributed by atoms with van der Waals surface area (Å²) in [7, 11) is 0. The summed E-state index contributed by atoms with van der Waals surface area (Å²) in [6.45, 7) is 5.67. The molecule has 1 unspecified atom stereocenters. The Labute approximate surface area is 111 Å². The summed E-state index contributed by atoms with van der Waals surface area (Å²) in [6, 6.07) is 7.90. The van der Waals surface area contributed by atoms with Crippen molar-refractivity contribution < 1.29 is 9.84 Å². The first kappa shape index (κ1) is 14.5. The topological polar surface area (TPSA) is 41.5 Å². The number of nitrogens with one attached hydrogen (secondary N) is 1. The molecule has 17 heavy (non-hydrogen) atoms. The number of hydrogen-bond donors (Lipinski definition) is 2. The molecule has 0 aliphatic rings. The van der Waals surface area contributed by atoms with Crippen molar-refractivity contribution in [3.63, 3.8) is 0 Å². The predicted octanol–water partition coefficient (Wildman–Crippen LogP) is 2.43. The van der Waals surface area contributed by atoms with Gasteiger partial charge < -0.3 is 15.2 Å². The smallest absolute Gasteiger partial charge is 0.119 e. The van der Waals surface area contributed by atoms with Crippen molar-refractivity contribution in [2.24, 2.45) is 5.92 Å². The van der Waals surface area contributed by atoms with Crippen LogP contribution in [-0.2, 0) is 0 Å². The van der Waals surface area contributed by atoms with E-state index in [1.165, 1.54) is 0 Å². The molecule has 2 N–H and O–H groups in total. The summed E-state index contributed by atoms with van der Waals surface area (Å²) in [5, 5.41) is 12.4. The van der Waals surface area contributed by atoms with E-state index in [9.17, 15) is 0 Å². The Balaban J connectivity index is 2.22. The molecule has 1 aromatic rings. The van der Waals surface area contributed by atoms with Crippen LogP contribution in [0.3, 0.4) is 0 Å². The maximum atomic E-state index is 9.13. The zero-order chi connectivity index (χ0) is 12.7. The molecule has 0 saturated heterocycles. The average molecular weight is 302 g/mol. The molecule has 0 amide bonds. The highest BCUT2D eigenvalue weighted by Gasteiger charge is 2.10. The Kier molecular flexibility index (Phi) is 6.55. The fraction of sp³-hybridized carbons (Fsp3) is 0.538. The van der Waals surface area contributed by atoms with Crippen molar-refractivity contribution in [1.29, 1.82) is 0 Å². The van der Waals surface area contributed by atoms with Gasteiger partial charge in [-0.25, -0.2) is 0 Å². The minimum Gasteiger partial charge on any atom is -0.492 e. The van der Waals surface area contributed by atoms with Crippen LogP contribution in [0, 0.1) is 5.92 Å². The van der Waals surface area contributed by atoms with E-state index in [4.69, 9.17) is 9.84 Å². The maximum absolute atomic E-state index is 9.13. The quantitative estimate of drug-likeness (QED) is 0.760. The number of rotatable bonds is 7. The largest absolute Gasteiger partial charge is 0.492 e. The molecule has 1 atom stereocenters. The lowest BCUT2D eigenvalue weighted by molar-refractivity contribution is 0.202. The van der Waals surface area contributed by atoms with E-state index in [2.05, 4.69) is 35.1 Å². The number of halogens is 1. The van der Waals surface area contributed by atoms with Crippen molar-refractivity contribution in [2.45, 2.75) is 19.9 Å². The highest BCUT2D eigenvalue weighted by atomic mass is 79.9. The lowest BCUT2D eigenvalue weighted by Gasteiger charge is -2.19. The van der Waals surface area contributed by atoms with Crippen molar-refractivity contribution >= 4 is 15.9 Å². The fourth-order valence-corrected chi connectivity index (χ4v) is 1.72. The second-order valence-electron chi connectivity index (χ2n) is 4.29. The van der Waals surface area contributed by atoms with Crippen LogP contribution >= 0.6 is 15.9 Å². The van der Waals surface area contributed by atoms with Crippen LogP contribution in [0.15, 0.2) is 28.7 Å². The van der Waals surface area contributed by atoms with Crippen molar-refractivity contribution in [3.05, 3.63) is 28.7 Å². The Morgan fingerprint density at radius 3 is 2.47 bits per heavy atom. The normalized spacial score (nSPS) is 12.8. The van der Waals surface area contributed by atoms with E-state index in [-0.39, 0.29) is 12.6 Å². The first-order chi connectivity index (χ1) is 8.13. The van der Waals surface area contributed by atoms with Gasteiger partial charge in [-0.3, -0.25) is 0 Å². The van der Waals surface area contributed by atoms with Crippen molar-refractivity contribution in [1.82, 2.24) is 5.32 Å². The Morgan fingerprint density at radius 1 is 1.29 bits per heavy atom. The molecule has 0 aliphatic heterocycles. The van der Waals surface area contributed by atoms with Gasteiger partial charge in [0.1, 0.15) is 12.4 Å². The molecule has 0 spiro atoms. The summed E-state index contributed by atoms with van der Waals surface area (Å²) < 4.78 is 6.62. The van der Waals surface area contributed by atoms with Crippen LogP contribution in [0.1, 0.15) is 13.8 Å². The van der Waals surface area contributed by atoms with E-state index in [0.717, 1.165) is 16.8 Å². The van der Waals surface area contributed by atoms with Gasteiger partial charge in [0.2, 0.25) is 0 Å². The third-order valence-electron chi connectivity index (χ3n) is 2.59. The van der Waals surface area contributed by atoms with Gasteiger partial charge in [0.15, 0.2) is 0 Å². The van der Waals surface area contributed by atoms with Gasteiger partial charge in [0.25, 0.3) is 0 Å². The Hall–Kier alpha value is -0.580. The lowest BCUT2D eigenvalue weighted by atomic mass is 10.1. The summed E-state index contributed by atoms with van der Waals surface area (Å²) in [5.74, 6) is 1.28. The minimum absolute atomic E-state index is 0.142. The van der Waals surface area contributed by atoms with Gasteiger partial charge >= 0.3 is 0 Å². The van der Waals surface area contributed by atoms with Gasteiger partial charge in [-0.15, -0.1) is 0 Å². The average Bonchev–Trinajstić information content (AvgIpc) is 2.31. The number of benzene rings is 1. The first-order valence-electron chi connectivity index (χ1n) is 5.86. The molecule has 0 radical (unpaired) electrons. The molecule has 1 aromatic carbocycles. The highest BCUT2D eigenvalue weighted by molar-refractivity contribution is 9.10. The number of aliphatic hydroxyl groups is 1. The third-order valence-corrected chi connectivity index (χ3v) is 3.12. The van der Waals surface area contributed by atoms with Crippen molar-refractivity contribution in [2.75, 3.05) is 19.8 Å². The molecule has 0 fully saturated rings. The first-order valence-corrected chi connectivity index (χ1v) is 6.65. The number of aliphatic hydroxyl groups excluding tert-OH is 1. The van der Waals surface area contributed by atoms with Gasteiger partial charge in [-0.2, -0.15) is 0 Å². The van der Waals surface area contributed by atoms with Crippen molar-refractivity contribution in [3.8, 4) is 5.75 Å². The zero-order valence-corrected chi connectivity index (χ0v) is 11.9. The minimum atomic E-state index is 0.142. The predicted molar refractivity (Wildman–Crippen MR) is 73.4 cm³/mol. The zero-order valence-electron chi connectivity index (χ0n) is 10.3. The number of ether oxygens (including phenoxy) is 1. The Bertz CT molecular complexity index is 314. The fourth-order valence-electron chi connectivity index (χ4n) is 1.46. The van der Waals surface area contributed by atoms with Crippen LogP contribution in [0.4, 0.5) is 0 Å². The van der Waals surface area contributed by atoms with Gasteiger partial charge in [-0.1, -0.05) is 29.8 Å². The molecule has 0 aromatic heterocycles. The van der Waals surface area contributed by atoms with Gasteiger partial charge in [-0.05, 0) is 30.2 Å². The van der Waals surface area contributed by atoms with E-state index >= 15 is 0 Å². The molecule has 3 nitrogen and oxygen atoms in total. The molecular formula is C13H20BrNO2. The third kappa shape index (κ3) is 5.52. The van der Waals surface area contributed by atoms with Crippen LogP contribution in [0.25, 0.3) is 0 Å². The van der Waals surface area contributed by atoms with Crippen LogP contribution in [-0.4, -0.2) is 30.9 Å². The summed E-state index contributed by atoms with van der Waals surface area (Å²) >= 11 is 3.38. The van der Waals surface area contributed by atoms with E-state index < -0.39 is 0 Å². The molecule has 0 aliphatic carbocycles. The Morgan fingerprint density at radius 2 is 1.94 bits per heavy atom. The van der Waals surface area contributed by atoms with Crippen LogP contribution < -0.4 is 10.1 Å².